The van der Waals surface area contributed by atoms with E-state index in [-0.39, 0.29) is 17.4 Å². The first-order chi connectivity index (χ1) is 14.5. The third-order valence-corrected chi connectivity index (χ3v) is 9.70. The summed E-state index contributed by atoms with van der Waals surface area (Å²) in [7, 11) is 0.782. The van der Waals surface area contributed by atoms with E-state index in [4.69, 9.17) is 29.4 Å². The predicted molar refractivity (Wildman–Crippen MR) is 136 cm³/mol. The van der Waals surface area contributed by atoms with Crippen molar-refractivity contribution in [2.24, 2.45) is 5.73 Å². The molecule has 2 N–H and O–H groups in total. The Hall–Kier alpha value is 0.620. The maximum atomic E-state index is 7.21. The van der Waals surface area contributed by atoms with Gasteiger partial charge in [0.15, 0.2) is 11.1 Å². The Bertz CT molecular complexity index is 423. The van der Waals surface area contributed by atoms with Crippen LogP contribution in [0.3, 0.4) is 0 Å². The second kappa shape index (κ2) is 15.5. The van der Waals surface area contributed by atoms with Crippen LogP contribution in [-0.4, -0.2) is 67.1 Å². The van der Waals surface area contributed by atoms with E-state index in [1.807, 2.05) is 41.5 Å². The SMILES string of the molecule is CCOC(CC)(OCC)PC(C)C(N)(COC(C)C)C(C)PC(CC)(OCC)OCC. The molecule has 188 valence electrons. The summed E-state index contributed by atoms with van der Waals surface area (Å²) >= 11 is 0. The minimum atomic E-state index is -0.601. The molecular weight excluding hydrogens is 432 g/mol. The highest BCUT2D eigenvalue weighted by molar-refractivity contribution is 7.41. The van der Waals surface area contributed by atoms with Gasteiger partial charge in [-0.1, -0.05) is 44.9 Å². The monoisotopic (exact) mass is 483 g/mol. The van der Waals surface area contributed by atoms with Crippen molar-refractivity contribution in [1.82, 2.24) is 0 Å². The Labute approximate surface area is 196 Å². The summed E-state index contributed by atoms with van der Waals surface area (Å²) in [5.41, 5.74) is 5.70. The standard InChI is InChI=1S/C23H51NO5P2/c1-11-22(26-13-3,27-14-4)30-19(9)21(24,17-25-18(7)8)20(10)31-23(12-2,28-15-5)29-16-6/h18-20,30-31H,11-17,24H2,1-10H3. The number of ether oxygens (including phenoxy) is 5. The molecule has 0 aromatic carbocycles. The molecule has 0 saturated heterocycles. The molecule has 0 bridgehead atoms. The highest BCUT2D eigenvalue weighted by Crippen LogP contribution is 2.50. The first-order valence-electron chi connectivity index (χ1n) is 12.1. The Kier molecular flexibility index (Phi) is 15.8. The Morgan fingerprint density at radius 2 is 0.968 bits per heavy atom. The van der Waals surface area contributed by atoms with Crippen molar-refractivity contribution in [1.29, 1.82) is 0 Å². The molecule has 0 aromatic heterocycles. The van der Waals surface area contributed by atoms with Crippen molar-refractivity contribution in [2.45, 2.75) is 116 Å². The average Bonchev–Trinajstić information content (AvgIpc) is 2.72. The van der Waals surface area contributed by atoms with Gasteiger partial charge in [-0.15, -0.1) is 0 Å². The van der Waals surface area contributed by atoms with Gasteiger partial charge in [-0.3, -0.25) is 0 Å². The highest BCUT2D eigenvalue weighted by Gasteiger charge is 2.46. The summed E-state index contributed by atoms with van der Waals surface area (Å²) in [5, 5.41) is 0. The van der Waals surface area contributed by atoms with Crippen molar-refractivity contribution in [3.05, 3.63) is 0 Å². The second-order valence-corrected chi connectivity index (χ2v) is 12.0. The fourth-order valence-corrected chi connectivity index (χ4v) is 7.67. The smallest absolute Gasteiger partial charge is 0.183 e. The van der Waals surface area contributed by atoms with E-state index in [1.165, 1.54) is 0 Å². The van der Waals surface area contributed by atoms with Gasteiger partial charge in [-0.2, -0.15) is 0 Å². The number of rotatable bonds is 19. The first-order valence-corrected chi connectivity index (χ1v) is 14.2. The molecule has 0 aliphatic carbocycles. The predicted octanol–water partition coefficient (Wildman–Crippen LogP) is 5.52. The molecule has 0 fully saturated rings. The molecular formula is C23H51NO5P2. The fourth-order valence-electron chi connectivity index (χ4n) is 3.66. The lowest BCUT2D eigenvalue weighted by atomic mass is 9.94. The zero-order chi connectivity index (χ0) is 24.1. The van der Waals surface area contributed by atoms with Gasteiger partial charge in [-0.25, -0.2) is 0 Å². The van der Waals surface area contributed by atoms with Crippen molar-refractivity contribution >= 4 is 17.2 Å². The lowest BCUT2D eigenvalue weighted by Crippen LogP contribution is -2.60. The van der Waals surface area contributed by atoms with Crippen LogP contribution in [0.4, 0.5) is 0 Å². The topological polar surface area (TPSA) is 72.2 Å². The summed E-state index contributed by atoms with van der Waals surface area (Å²) in [6.45, 7) is 23.7. The lowest BCUT2D eigenvalue weighted by molar-refractivity contribution is -0.170. The minimum Gasteiger partial charge on any atom is -0.377 e. The van der Waals surface area contributed by atoms with E-state index >= 15 is 0 Å². The number of nitrogens with two attached hydrogens (primary N) is 1. The van der Waals surface area contributed by atoms with Crippen LogP contribution < -0.4 is 5.73 Å². The summed E-state index contributed by atoms with van der Waals surface area (Å²) in [5.74, 6) is 0. The van der Waals surface area contributed by atoms with Gasteiger partial charge in [0.1, 0.15) is 0 Å². The molecule has 0 radical (unpaired) electrons. The fraction of sp³-hybridized carbons (Fsp3) is 1.00. The average molecular weight is 484 g/mol. The molecule has 0 rings (SSSR count). The van der Waals surface area contributed by atoms with Crippen LogP contribution in [0.15, 0.2) is 0 Å². The maximum Gasteiger partial charge on any atom is 0.183 e. The molecule has 0 spiro atoms. The second-order valence-electron chi connectivity index (χ2n) is 8.15. The Morgan fingerprint density at radius 1 is 0.645 bits per heavy atom. The highest BCUT2D eigenvalue weighted by atomic mass is 31.1. The van der Waals surface area contributed by atoms with Crippen molar-refractivity contribution < 1.29 is 23.7 Å². The summed E-state index contributed by atoms with van der Waals surface area (Å²) < 4.78 is 30.7. The van der Waals surface area contributed by atoms with Gasteiger partial charge in [-0.05, 0) is 52.9 Å². The van der Waals surface area contributed by atoms with Gasteiger partial charge < -0.3 is 29.4 Å². The van der Waals surface area contributed by atoms with E-state index in [2.05, 4.69) is 27.7 Å². The lowest BCUT2D eigenvalue weighted by Gasteiger charge is -2.47. The van der Waals surface area contributed by atoms with Crippen LogP contribution in [0.1, 0.15) is 82.1 Å². The zero-order valence-corrected chi connectivity index (χ0v) is 23.8. The van der Waals surface area contributed by atoms with Crippen molar-refractivity contribution in [3.63, 3.8) is 0 Å². The van der Waals surface area contributed by atoms with Gasteiger partial charge in [0.25, 0.3) is 0 Å². The summed E-state index contributed by atoms with van der Waals surface area (Å²) in [4.78, 5) is 0. The zero-order valence-electron chi connectivity index (χ0n) is 21.8. The third-order valence-electron chi connectivity index (χ3n) is 5.59. The van der Waals surface area contributed by atoms with Crippen LogP contribution in [0, 0.1) is 0 Å². The van der Waals surface area contributed by atoms with Crippen LogP contribution >= 0.6 is 17.2 Å². The normalized spacial score (nSPS) is 17.8. The van der Waals surface area contributed by atoms with Crippen molar-refractivity contribution in [3.8, 4) is 0 Å². The molecule has 0 aliphatic heterocycles. The van der Waals surface area contributed by atoms with Gasteiger partial charge >= 0.3 is 0 Å². The van der Waals surface area contributed by atoms with Gasteiger partial charge in [0, 0.05) is 39.3 Å². The van der Waals surface area contributed by atoms with Crippen LogP contribution in [0.5, 0.6) is 0 Å². The molecule has 4 unspecified atom stereocenters. The van der Waals surface area contributed by atoms with Gasteiger partial charge in [0.2, 0.25) is 0 Å². The van der Waals surface area contributed by atoms with E-state index in [0.29, 0.717) is 50.2 Å². The number of hydrogen-bond acceptors (Lipinski definition) is 6. The van der Waals surface area contributed by atoms with E-state index < -0.39 is 16.6 Å². The molecule has 31 heavy (non-hydrogen) atoms. The van der Waals surface area contributed by atoms with Crippen molar-refractivity contribution in [2.75, 3.05) is 33.0 Å². The van der Waals surface area contributed by atoms with Gasteiger partial charge in [0.05, 0.1) is 18.2 Å². The molecule has 6 nitrogen and oxygen atoms in total. The van der Waals surface area contributed by atoms with E-state index in [0.717, 1.165) is 12.8 Å². The van der Waals surface area contributed by atoms with Crippen LogP contribution in [0.2, 0.25) is 0 Å². The largest absolute Gasteiger partial charge is 0.377 e. The summed E-state index contributed by atoms with van der Waals surface area (Å²) in [6, 6.07) is 0. The quantitative estimate of drug-likeness (QED) is 0.193. The first kappa shape index (κ1) is 31.6. The Morgan fingerprint density at radius 3 is 1.19 bits per heavy atom. The van der Waals surface area contributed by atoms with E-state index in [1.54, 1.807) is 0 Å². The van der Waals surface area contributed by atoms with Crippen LogP contribution in [-0.2, 0) is 23.7 Å². The molecule has 0 saturated carbocycles. The molecule has 0 amide bonds. The molecule has 0 aromatic rings. The summed E-state index contributed by atoms with van der Waals surface area (Å²) in [6.07, 6.45) is 1.68. The third kappa shape index (κ3) is 9.79. The molecule has 0 aliphatic rings. The molecule has 8 heteroatoms. The van der Waals surface area contributed by atoms with Crippen LogP contribution in [0.25, 0.3) is 0 Å². The molecule has 0 heterocycles. The minimum absolute atomic E-state index is 0.110. The van der Waals surface area contributed by atoms with E-state index in [9.17, 15) is 0 Å². The number of hydrogen-bond donors (Lipinski definition) is 1. The Balaban J connectivity index is 5.91. The molecule has 4 atom stereocenters. The maximum absolute atomic E-state index is 7.21.